The number of anilines is 3. The number of ether oxygens (including phenoxy) is 1. The van der Waals surface area contributed by atoms with Gasteiger partial charge in [0.1, 0.15) is 11.6 Å². The first-order chi connectivity index (χ1) is 14.4. The van der Waals surface area contributed by atoms with E-state index in [1.165, 1.54) is 18.2 Å². The number of aryl methyl sites for hydroxylation is 2. The maximum Gasteiger partial charge on any atom is 0.573 e. The molecule has 0 aliphatic rings. The van der Waals surface area contributed by atoms with Crippen LogP contribution in [0.5, 0.6) is 5.75 Å². The molecule has 0 atom stereocenters. The smallest absolute Gasteiger partial charge is 0.406 e. The summed E-state index contributed by atoms with van der Waals surface area (Å²) in [6, 6.07) is 13.5. The van der Waals surface area contributed by atoms with Crippen molar-refractivity contribution in [3.63, 3.8) is 0 Å². The summed E-state index contributed by atoms with van der Waals surface area (Å²) in [5.41, 5.74) is 3.68. The van der Waals surface area contributed by atoms with Crippen LogP contribution in [0.3, 0.4) is 0 Å². The number of benzene rings is 2. The largest absolute Gasteiger partial charge is 0.573 e. The molecule has 0 saturated heterocycles. The molecule has 0 aliphatic heterocycles. The highest BCUT2D eigenvalue weighted by Gasteiger charge is 2.31. The van der Waals surface area contributed by atoms with Crippen LogP contribution in [-0.2, 0) is 0 Å². The molecule has 0 radical (unpaired) electrons. The zero-order chi connectivity index (χ0) is 22.8. The normalized spacial score (nSPS) is 11.9. The molecule has 0 spiro atoms. The molecular weight excluding hydrogens is 405 g/mol. The van der Waals surface area contributed by atoms with Gasteiger partial charge in [0.2, 0.25) is 5.95 Å². The van der Waals surface area contributed by atoms with Gasteiger partial charge >= 0.3 is 6.36 Å². The Morgan fingerprint density at radius 1 is 0.871 bits per heavy atom. The summed E-state index contributed by atoms with van der Waals surface area (Å²) >= 11 is 0. The number of halogens is 3. The molecule has 0 unspecified atom stereocenters. The van der Waals surface area contributed by atoms with Gasteiger partial charge < -0.3 is 15.4 Å². The van der Waals surface area contributed by atoms with Gasteiger partial charge in [0.15, 0.2) is 0 Å². The maximum absolute atomic E-state index is 12.6. The van der Waals surface area contributed by atoms with Gasteiger partial charge in [-0.1, -0.05) is 18.2 Å². The van der Waals surface area contributed by atoms with E-state index >= 15 is 0 Å². The minimum Gasteiger partial charge on any atom is -0.406 e. The quantitative estimate of drug-likeness (QED) is 0.477. The Balaban J connectivity index is 2.02. The molecular formula is C23H25F3N4O. The van der Waals surface area contributed by atoms with Crippen LogP contribution in [0.25, 0.3) is 11.3 Å². The molecule has 0 amide bonds. The number of hydrogen-bond donors (Lipinski definition) is 2. The van der Waals surface area contributed by atoms with E-state index in [1.54, 1.807) is 12.1 Å². The standard InChI is InChI=1S/C23H25F3N4O/c1-14-9-15(2)11-17(10-14)27-20-13-19(28-21(29-20)30-22(3,4)5)16-7-6-8-18(12-16)31-23(24,25)26/h6-13H,1-5H3,(H2,27,28,29,30). The van der Waals surface area contributed by atoms with E-state index in [0.717, 1.165) is 16.8 Å². The zero-order valence-electron chi connectivity index (χ0n) is 18.1. The van der Waals surface area contributed by atoms with Crippen molar-refractivity contribution in [1.82, 2.24) is 9.97 Å². The van der Waals surface area contributed by atoms with E-state index in [-0.39, 0.29) is 11.3 Å². The molecule has 3 aromatic rings. The molecule has 5 nitrogen and oxygen atoms in total. The second-order valence-corrected chi connectivity index (χ2v) is 8.41. The molecule has 2 N–H and O–H groups in total. The molecule has 2 aromatic carbocycles. The van der Waals surface area contributed by atoms with Gasteiger partial charge in [0, 0.05) is 22.9 Å². The first-order valence-electron chi connectivity index (χ1n) is 9.75. The summed E-state index contributed by atoms with van der Waals surface area (Å²) in [5.74, 6) is 0.570. The van der Waals surface area contributed by atoms with Gasteiger partial charge in [-0.05, 0) is 70.0 Å². The van der Waals surface area contributed by atoms with E-state index < -0.39 is 6.36 Å². The highest BCUT2D eigenvalue weighted by Crippen LogP contribution is 2.30. The summed E-state index contributed by atoms with van der Waals surface area (Å²) in [6.45, 7) is 9.91. The summed E-state index contributed by atoms with van der Waals surface area (Å²) in [5, 5.41) is 6.49. The predicted octanol–water partition coefficient (Wildman–Crippen LogP) is 6.61. The number of hydrogen-bond acceptors (Lipinski definition) is 5. The fourth-order valence-corrected chi connectivity index (χ4v) is 3.10. The third-order valence-corrected chi connectivity index (χ3v) is 4.07. The van der Waals surface area contributed by atoms with Gasteiger partial charge in [0.25, 0.3) is 0 Å². The van der Waals surface area contributed by atoms with Crippen molar-refractivity contribution in [2.45, 2.75) is 46.5 Å². The minimum atomic E-state index is -4.76. The van der Waals surface area contributed by atoms with Crippen molar-refractivity contribution in [2.75, 3.05) is 10.6 Å². The van der Waals surface area contributed by atoms with Crippen molar-refractivity contribution < 1.29 is 17.9 Å². The Bertz CT molecular complexity index is 1050. The van der Waals surface area contributed by atoms with Gasteiger partial charge in [0.05, 0.1) is 5.69 Å². The molecule has 0 bridgehead atoms. The number of nitrogens with one attached hydrogen (secondary N) is 2. The van der Waals surface area contributed by atoms with Crippen molar-refractivity contribution in [3.05, 3.63) is 59.7 Å². The van der Waals surface area contributed by atoms with Crippen LogP contribution in [-0.4, -0.2) is 21.9 Å². The second kappa shape index (κ2) is 8.45. The van der Waals surface area contributed by atoms with Crippen LogP contribution >= 0.6 is 0 Å². The first kappa shape index (κ1) is 22.4. The van der Waals surface area contributed by atoms with E-state index in [4.69, 9.17) is 0 Å². The molecule has 164 valence electrons. The van der Waals surface area contributed by atoms with Crippen molar-refractivity contribution in [1.29, 1.82) is 0 Å². The summed E-state index contributed by atoms with van der Waals surface area (Å²) in [7, 11) is 0. The lowest BCUT2D eigenvalue weighted by atomic mass is 10.1. The lowest BCUT2D eigenvalue weighted by Crippen LogP contribution is -2.27. The molecule has 0 aliphatic carbocycles. The zero-order valence-corrected chi connectivity index (χ0v) is 18.1. The summed E-state index contributed by atoms with van der Waals surface area (Å²) in [4.78, 5) is 9.04. The maximum atomic E-state index is 12.6. The van der Waals surface area contributed by atoms with E-state index in [9.17, 15) is 13.2 Å². The van der Waals surface area contributed by atoms with Gasteiger partial charge in [-0.3, -0.25) is 0 Å². The monoisotopic (exact) mass is 430 g/mol. The number of alkyl halides is 3. The van der Waals surface area contributed by atoms with E-state index in [0.29, 0.717) is 23.0 Å². The second-order valence-electron chi connectivity index (χ2n) is 8.41. The lowest BCUT2D eigenvalue weighted by Gasteiger charge is -2.21. The average molecular weight is 430 g/mol. The Morgan fingerprint density at radius 2 is 1.55 bits per heavy atom. The Morgan fingerprint density at radius 3 is 2.16 bits per heavy atom. The SMILES string of the molecule is Cc1cc(C)cc(Nc2cc(-c3cccc(OC(F)(F)F)c3)nc(NC(C)(C)C)n2)c1. The first-order valence-corrected chi connectivity index (χ1v) is 9.75. The molecule has 1 aromatic heterocycles. The summed E-state index contributed by atoms with van der Waals surface area (Å²) < 4.78 is 41.9. The Hall–Kier alpha value is -3.29. The lowest BCUT2D eigenvalue weighted by molar-refractivity contribution is -0.274. The third-order valence-electron chi connectivity index (χ3n) is 4.07. The number of nitrogens with zero attached hydrogens (tertiary/aromatic N) is 2. The molecule has 8 heteroatoms. The Kier molecular flexibility index (Phi) is 6.10. The minimum absolute atomic E-state index is 0.308. The van der Waals surface area contributed by atoms with Crippen LogP contribution in [0, 0.1) is 13.8 Å². The number of rotatable bonds is 5. The average Bonchev–Trinajstić information content (AvgIpc) is 2.57. The third kappa shape index (κ3) is 6.87. The molecule has 3 rings (SSSR count). The van der Waals surface area contributed by atoms with Gasteiger partial charge in [-0.25, -0.2) is 4.98 Å². The molecule has 0 saturated carbocycles. The molecule has 31 heavy (non-hydrogen) atoms. The van der Waals surface area contributed by atoms with Crippen LogP contribution in [0.15, 0.2) is 48.5 Å². The number of aromatic nitrogens is 2. The van der Waals surface area contributed by atoms with Crippen molar-refractivity contribution in [3.8, 4) is 17.0 Å². The van der Waals surface area contributed by atoms with Crippen molar-refractivity contribution >= 4 is 17.5 Å². The van der Waals surface area contributed by atoms with Crippen LogP contribution < -0.4 is 15.4 Å². The van der Waals surface area contributed by atoms with Gasteiger partial charge in [-0.2, -0.15) is 4.98 Å². The van der Waals surface area contributed by atoms with E-state index in [2.05, 4.69) is 31.4 Å². The fourth-order valence-electron chi connectivity index (χ4n) is 3.10. The Labute approximate surface area is 179 Å². The summed E-state index contributed by atoms with van der Waals surface area (Å²) in [6.07, 6.45) is -4.76. The van der Waals surface area contributed by atoms with Crippen molar-refractivity contribution in [2.24, 2.45) is 0 Å². The fraction of sp³-hybridized carbons (Fsp3) is 0.304. The molecule has 0 fully saturated rings. The predicted molar refractivity (Wildman–Crippen MR) is 117 cm³/mol. The topological polar surface area (TPSA) is 59.1 Å². The van der Waals surface area contributed by atoms with E-state index in [1.807, 2.05) is 46.8 Å². The van der Waals surface area contributed by atoms with Crippen LogP contribution in [0.2, 0.25) is 0 Å². The molecule has 1 heterocycles. The highest BCUT2D eigenvalue weighted by atomic mass is 19.4. The van der Waals surface area contributed by atoms with Crippen LogP contribution in [0.4, 0.5) is 30.6 Å². The van der Waals surface area contributed by atoms with Gasteiger partial charge in [-0.15, -0.1) is 13.2 Å². The highest BCUT2D eigenvalue weighted by molar-refractivity contribution is 5.69. The van der Waals surface area contributed by atoms with Crippen LogP contribution in [0.1, 0.15) is 31.9 Å².